The zero-order chi connectivity index (χ0) is 15.4. The molecule has 0 aliphatic carbocycles. The summed E-state index contributed by atoms with van der Waals surface area (Å²) in [6.07, 6.45) is -0.990. The fourth-order valence-corrected chi connectivity index (χ4v) is 1.64. The Balaban J connectivity index is 3.11. The molecule has 3 N–H and O–H groups in total. The average Bonchev–Trinajstić information content (AvgIpc) is 2.37. The molecule has 7 nitrogen and oxygen atoms in total. The highest BCUT2D eigenvalue weighted by molar-refractivity contribution is 5.80. The SMILES string of the molecule is Cc1cc(OC(C(=O)NN)C(C)C)c(F)cc1[N+](=O)[O-]. The Morgan fingerprint density at radius 2 is 2.10 bits per heavy atom. The van der Waals surface area contributed by atoms with E-state index in [0.717, 1.165) is 6.07 Å². The van der Waals surface area contributed by atoms with Gasteiger partial charge in [0.1, 0.15) is 0 Å². The van der Waals surface area contributed by atoms with Gasteiger partial charge in [0, 0.05) is 5.56 Å². The summed E-state index contributed by atoms with van der Waals surface area (Å²) in [6, 6.07) is 1.95. The Morgan fingerprint density at radius 1 is 1.50 bits per heavy atom. The highest BCUT2D eigenvalue weighted by Crippen LogP contribution is 2.28. The zero-order valence-corrected chi connectivity index (χ0v) is 11.3. The van der Waals surface area contributed by atoms with Crippen LogP contribution in [0.5, 0.6) is 5.75 Å². The maximum Gasteiger partial charge on any atom is 0.275 e. The van der Waals surface area contributed by atoms with Gasteiger partial charge in [-0.1, -0.05) is 13.8 Å². The van der Waals surface area contributed by atoms with Gasteiger partial charge in [-0.2, -0.15) is 0 Å². The molecule has 0 aliphatic rings. The van der Waals surface area contributed by atoms with Gasteiger partial charge in [-0.15, -0.1) is 0 Å². The maximum atomic E-state index is 13.8. The molecule has 1 atom stereocenters. The van der Waals surface area contributed by atoms with Gasteiger partial charge in [0.25, 0.3) is 11.6 Å². The van der Waals surface area contributed by atoms with Gasteiger partial charge >= 0.3 is 0 Å². The summed E-state index contributed by atoms with van der Waals surface area (Å²) >= 11 is 0. The Kier molecular flexibility index (Phi) is 4.98. The lowest BCUT2D eigenvalue weighted by Gasteiger charge is -2.21. The molecule has 1 aromatic rings. The minimum atomic E-state index is -0.990. The second kappa shape index (κ2) is 6.29. The van der Waals surface area contributed by atoms with Crippen LogP contribution in [-0.4, -0.2) is 16.9 Å². The smallest absolute Gasteiger partial charge is 0.275 e. The predicted octanol–water partition coefficient (Wildman–Crippen LogP) is 1.44. The number of benzene rings is 1. The highest BCUT2D eigenvalue weighted by Gasteiger charge is 2.26. The van der Waals surface area contributed by atoms with Crippen LogP contribution in [0.3, 0.4) is 0 Å². The van der Waals surface area contributed by atoms with Crippen molar-refractivity contribution >= 4 is 11.6 Å². The van der Waals surface area contributed by atoms with Crippen molar-refractivity contribution in [3.63, 3.8) is 0 Å². The van der Waals surface area contributed by atoms with E-state index in [1.54, 1.807) is 13.8 Å². The largest absolute Gasteiger partial charge is 0.477 e. The number of aryl methyl sites for hydroxylation is 1. The van der Waals surface area contributed by atoms with Crippen molar-refractivity contribution < 1.29 is 18.8 Å². The fraction of sp³-hybridized carbons (Fsp3) is 0.417. The second-order valence-electron chi connectivity index (χ2n) is 4.62. The Hall–Kier alpha value is -2.22. The highest BCUT2D eigenvalue weighted by atomic mass is 19.1. The number of halogens is 1. The van der Waals surface area contributed by atoms with E-state index in [-0.39, 0.29) is 22.9 Å². The van der Waals surface area contributed by atoms with Crippen LogP contribution in [-0.2, 0) is 4.79 Å². The molecule has 0 spiro atoms. The summed E-state index contributed by atoms with van der Waals surface area (Å²) in [5, 5.41) is 10.7. The third-order valence-corrected chi connectivity index (χ3v) is 2.71. The summed E-state index contributed by atoms with van der Waals surface area (Å²) in [5.41, 5.74) is 1.83. The molecule has 0 saturated carbocycles. The van der Waals surface area contributed by atoms with E-state index in [1.807, 2.05) is 5.43 Å². The van der Waals surface area contributed by atoms with E-state index in [2.05, 4.69) is 0 Å². The van der Waals surface area contributed by atoms with Gasteiger partial charge < -0.3 is 4.74 Å². The molecule has 0 aliphatic heterocycles. The number of hydrogen-bond acceptors (Lipinski definition) is 5. The molecule has 0 aromatic heterocycles. The molecule has 1 amide bonds. The van der Waals surface area contributed by atoms with E-state index in [4.69, 9.17) is 10.6 Å². The first-order valence-electron chi connectivity index (χ1n) is 5.89. The molecule has 0 saturated heterocycles. The number of nitrogens with one attached hydrogen (secondary N) is 1. The molecule has 20 heavy (non-hydrogen) atoms. The quantitative estimate of drug-likeness (QED) is 0.368. The number of nitrogens with two attached hydrogens (primary N) is 1. The Labute approximate surface area is 115 Å². The van der Waals surface area contributed by atoms with Gasteiger partial charge in [0.2, 0.25) is 0 Å². The predicted molar refractivity (Wildman–Crippen MR) is 69.4 cm³/mol. The van der Waals surface area contributed by atoms with Gasteiger partial charge in [0.15, 0.2) is 17.7 Å². The van der Waals surface area contributed by atoms with Gasteiger partial charge in [-0.25, -0.2) is 10.2 Å². The number of amides is 1. The molecule has 1 aromatic carbocycles. The molecule has 1 unspecified atom stereocenters. The number of carbonyl (C=O) groups is 1. The van der Waals surface area contributed by atoms with Crippen molar-refractivity contribution in [2.45, 2.75) is 26.9 Å². The van der Waals surface area contributed by atoms with E-state index in [1.165, 1.54) is 13.0 Å². The summed E-state index contributed by atoms with van der Waals surface area (Å²) in [5.74, 6) is 3.04. The summed E-state index contributed by atoms with van der Waals surface area (Å²) in [7, 11) is 0. The van der Waals surface area contributed by atoms with Crippen LogP contribution in [0.4, 0.5) is 10.1 Å². The van der Waals surface area contributed by atoms with Crippen molar-refractivity contribution in [2.75, 3.05) is 0 Å². The van der Waals surface area contributed by atoms with Crippen LogP contribution >= 0.6 is 0 Å². The van der Waals surface area contributed by atoms with Crippen LogP contribution in [0.1, 0.15) is 19.4 Å². The molecule has 0 fully saturated rings. The first kappa shape index (κ1) is 15.8. The zero-order valence-electron chi connectivity index (χ0n) is 11.3. The lowest BCUT2D eigenvalue weighted by molar-refractivity contribution is -0.385. The molecule has 0 radical (unpaired) electrons. The Bertz CT molecular complexity index is 534. The summed E-state index contributed by atoms with van der Waals surface area (Å²) < 4.78 is 19.1. The van der Waals surface area contributed by atoms with Crippen molar-refractivity contribution in [1.82, 2.24) is 5.43 Å². The van der Waals surface area contributed by atoms with Crippen molar-refractivity contribution in [1.29, 1.82) is 0 Å². The number of carbonyl (C=O) groups excluding carboxylic acids is 1. The monoisotopic (exact) mass is 285 g/mol. The number of nitro groups is 1. The van der Waals surface area contributed by atoms with Crippen LogP contribution in [0.2, 0.25) is 0 Å². The minimum absolute atomic E-state index is 0.226. The normalized spacial score (nSPS) is 12.1. The number of nitro benzene ring substituents is 1. The van der Waals surface area contributed by atoms with Crippen LogP contribution < -0.4 is 16.0 Å². The van der Waals surface area contributed by atoms with Crippen LogP contribution in [0, 0.1) is 28.8 Å². The third kappa shape index (κ3) is 3.41. The molecule has 1 rings (SSSR count). The van der Waals surface area contributed by atoms with Crippen molar-refractivity contribution in [3.05, 3.63) is 33.6 Å². The van der Waals surface area contributed by atoms with E-state index in [0.29, 0.717) is 0 Å². The molecular weight excluding hydrogens is 269 g/mol. The summed E-state index contributed by atoms with van der Waals surface area (Å²) in [4.78, 5) is 21.5. The summed E-state index contributed by atoms with van der Waals surface area (Å²) in [6.45, 7) is 4.87. The number of nitrogens with zero attached hydrogens (tertiary/aromatic N) is 1. The second-order valence-corrected chi connectivity index (χ2v) is 4.62. The molecular formula is C12H16FN3O4. The van der Waals surface area contributed by atoms with Gasteiger partial charge in [-0.05, 0) is 18.9 Å². The molecule has 110 valence electrons. The number of hydrazine groups is 1. The van der Waals surface area contributed by atoms with Crippen molar-refractivity contribution in [2.24, 2.45) is 11.8 Å². The topological polar surface area (TPSA) is 107 Å². The van der Waals surface area contributed by atoms with E-state index >= 15 is 0 Å². The number of hydrogen-bond donors (Lipinski definition) is 2. The van der Waals surface area contributed by atoms with Crippen LogP contribution in [0.25, 0.3) is 0 Å². The maximum absolute atomic E-state index is 13.8. The van der Waals surface area contributed by atoms with E-state index in [9.17, 15) is 19.3 Å². The number of ether oxygens (including phenoxy) is 1. The Morgan fingerprint density at radius 3 is 2.55 bits per heavy atom. The number of rotatable bonds is 5. The molecule has 0 bridgehead atoms. The minimum Gasteiger partial charge on any atom is -0.477 e. The third-order valence-electron chi connectivity index (χ3n) is 2.71. The molecule has 8 heteroatoms. The first-order valence-corrected chi connectivity index (χ1v) is 5.89. The van der Waals surface area contributed by atoms with E-state index < -0.39 is 22.8 Å². The lowest BCUT2D eigenvalue weighted by Crippen LogP contribution is -2.44. The fourth-order valence-electron chi connectivity index (χ4n) is 1.64. The van der Waals surface area contributed by atoms with Gasteiger partial charge in [-0.3, -0.25) is 20.3 Å². The first-order chi connectivity index (χ1) is 9.27. The van der Waals surface area contributed by atoms with Crippen molar-refractivity contribution in [3.8, 4) is 5.75 Å². The standard InChI is InChI=1S/C12H16FN3O4/c1-6(2)11(12(17)15-14)20-10-4-7(3)9(16(18)19)5-8(10)13/h4-6,11H,14H2,1-3H3,(H,15,17). The lowest BCUT2D eigenvalue weighted by atomic mass is 10.1. The van der Waals surface area contributed by atoms with Crippen LogP contribution in [0.15, 0.2) is 12.1 Å². The average molecular weight is 285 g/mol. The van der Waals surface area contributed by atoms with Gasteiger partial charge in [0.05, 0.1) is 11.0 Å². The molecule has 0 heterocycles.